The highest BCUT2D eigenvalue weighted by Gasteiger charge is 2.26. The molecule has 3 aromatic rings. The largest absolute Gasteiger partial charge is 0.496 e. The fourth-order valence-corrected chi connectivity index (χ4v) is 4.16. The summed E-state index contributed by atoms with van der Waals surface area (Å²) in [5.74, 6) is 0.639. The standard InChI is InChI=1S/C21H25N3O3/c1-14-11-22-17(15(2)20(14)26-3)13-23-10-6-7-16(12-23)24-18-8-4-5-9-19(18)27-21(24)25/h4-5,8-9,11,16H,6-7,10,12-13H2,1-3H3. The predicted molar refractivity (Wildman–Crippen MR) is 104 cm³/mol. The van der Waals surface area contributed by atoms with Crippen molar-refractivity contribution in [3.8, 4) is 5.75 Å². The summed E-state index contributed by atoms with van der Waals surface area (Å²) >= 11 is 0. The zero-order valence-corrected chi connectivity index (χ0v) is 16.1. The Labute approximate surface area is 158 Å². The fourth-order valence-electron chi connectivity index (χ4n) is 4.16. The molecule has 1 saturated heterocycles. The molecule has 1 aliphatic heterocycles. The van der Waals surface area contributed by atoms with Gasteiger partial charge in [0.15, 0.2) is 5.58 Å². The Morgan fingerprint density at radius 1 is 1.30 bits per heavy atom. The van der Waals surface area contributed by atoms with Crippen LogP contribution in [0.1, 0.15) is 35.7 Å². The number of methoxy groups -OCH3 is 1. The summed E-state index contributed by atoms with van der Waals surface area (Å²) in [5, 5.41) is 0. The first kappa shape index (κ1) is 17.8. The molecule has 0 saturated carbocycles. The quantitative estimate of drug-likeness (QED) is 0.707. The van der Waals surface area contributed by atoms with Crippen molar-refractivity contribution in [1.29, 1.82) is 0 Å². The maximum Gasteiger partial charge on any atom is 0.420 e. The van der Waals surface area contributed by atoms with E-state index < -0.39 is 0 Å². The minimum absolute atomic E-state index is 0.113. The second kappa shape index (κ2) is 7.19. The van der Waals surface area contributed by atoms with E-state index in [1.807, 2.05) is 42.0 Å². The van der Waals surface area contributed by atoms with Gasteiger partial charge < -0.3 is 9.15 Å². The van der Waals surface area contributed by atoms with E-state index in [1.54, 1.807) is 7.11 Å². The third-order valence-corrected chi connectivity index (χ3v) is 5.49. The lowest BCUT2D eigenvalue weighted by molar-refractivity contribution is 0.165. The number of pyridine rings is 1. The van der Waals surface area contributed by atoms with E-state index in [-0.39, 0.29) is 11.8 Å². The van der Waals surface area contributed by atoms with E-state index in [0.717, 1.165) is 60.6 Å². The van der Waals surface area contributed by atoms with Crippen LogP contribution in [0, 0.1) is 13.8 Å². The number of hydrogen-bond acceptors (Lipinski definition) is 5. The summed E-state index contributed by atoms with van der Waals surface area (Å²) in [4.78, 5) is 19.4. The van der Waals surface area contributed by atoms with Crippen molar-refractivity contribution < 1.29 is 9.15 Å². The summed E-state index contributed by atoms with van der Waals surface area (Å²) in [6.45, 7) is 6.63. The molecule has 0 bridgehead atoms. The lowest BCUT2D eigenvalue weighted by Gasteiger charge is -2.33. The van der Waals surface area contributed by atoms with Gasteiger partial charge in [0.1, 0.15) is 5.75 Å². The normalized spacial score (nSPS) is 18.1. The highest BCUT2D eigenvalue weighted by atomic mass is 16.5. The number of ether oxygens (including phenoxy) is 1. The van der Waals surface area contributed by atoms with Crippen LogP contribution in [0.25, 0.3) is 11.1 Å². The molecule has 0 N–H and O–H groups in total. The summed E-state index contributed by atoms with van der Waals surface area (Å²) in [5.41, 5.74) is 4.70. The summed E-state index contributed by atoms with van der Waals surface area (Å²) in [6, 6.07) is 7.75. The molecule has 1 aliphatic rings. The minimum Gasteiger partial charge on any atom is -0.496 e. The zero-order chi connectivity index (χ0) is 19.0. The number of piperidine rings is 1. The van der Waals surface area contributed by atoms with E-state index in [9.17, 15) is 4.79 Å². The van der Waals surface area contributed by atoms with Crippen molar-refractivity contribution in [2.45, 2.75) is 39.3 Å². The Kier molecular flexibility index (Phi) is 4.74. The van der Waals surface area contributed by atoms with Gasteiger partial charge in [-0.05, 0) is 45.4 Å². The van der Waals surface area contributed by atoms with Crippen LogP contribution in [0.5, 0.6) is 5.75 Å². The van der Waals surface area contributed by atoms with Crippen molar-refractivity contribution in [3.05, 3.63) is 57.8 Å². The van der Waals surface area contributed by atoms with Crippen molar-refractivity contribution in [3.63, 3.8) is 0 Å². The average Bonchev–Trinajstić information content (AvgIpc) is 3.00. The second-order valence-corrected chi connectivity index (χ2v) is 7.28. The van der Waals surface area contributed by atoms with E-state index in [2.05, 4.69) is 16.8 Å². The smallest absolute Gasteiger partial charge is 0.420 e. The summed E-state index contributed by atoms with van der Waals surface area (Å²) in [7, 11) is 1.70. The minimum atomic E-state index is -0.269. The molecule has 1 unspecified atom stereocenters. The third-order valence-electron chi connectivity index (χ3n) is 5.49. The molecule has 27 heavy (non-hydrogen) atoms. The number of hydrogen-bond donors (Lipinski definition) is 0. The molecule has 2 aromatic heterocycles. The van der Waals surface area contributed by atoms with Crippen LogP contribution in [0.4, 0.5) is 0 Å². The Bertz CT molecular complexity index is 1020. The molecule has 4 rings (SSSR count). The van der Waals surface area contributed by atoms with Crippen molar-refractivity contribution >= 4 is 11.1 Å². The number of benzene rings is 1. The molecule has 6 nitrogen and oxygen atoms in total. The van der Waals surface area contributed by atoms with Gasteiger partial charge in [-0.15, -0.1) is 0 Å². The SMILES string of the molecule is COc1c(C)cnc(CN2CCCC(n3c(=O)oc4ccccc43)C2)c1C. The highest BCUT2D eigenvalue weighted by molar-refractivity contribution is 5.72. The molecule has 3 heterocycles. The number of fused-ring (bicyclic) bond motifs is 1. The number of aromatic nitrogens is 2. The molecule has 0 spiro atoms. The summed E-state index contributed by atoms with van der Waals surface area (Å²) in [6.07, 6.45) is 3.89. The molecule has 0 amide bonds. The first-order chi connectivity index (χ1) is 13.1. The second-order valence-electron chi connectivity index (χ2n) is 7.28. The van der Waals surface area contributed by atoms with Crippen molar-refractivity contribution in [2.24, 2.45) is 0 Å². The van der Waals surface area contributed by atoms with Crippen molar-refractivity contribution in [1.82, 2.24) is 14.5 Å². The Morgan fingerprint density at radius 2 is 2.11 bits per heavy atom. The van der Waals surface area contributed by atoms with Crippen molar-refractivity contribution in [2.75, 3.05) is 20.2 Å². The van der Waals surface area contributed by atoms with Crippen LogP contribution in [-0.2, 0) is 6.54 Å². The van der Waals surface area contributed by atoms with E-state index in [1.165, 1.54) is 0 Å². The van der Waals surface area contributed by atoms with E-state index in [4.69, 9.17) is 9.15 Å². The molecule has 1 fully saturated rings. The number of oxazole rings is 1. The molecule has 1 aromatic carbocycles. The monoisotopic (exact) mass is 367 g/mol. The molecular formula is C21H25N3O3. The Morgan fingerprint density at radius 3 is 2.93 bits per heavy atom. The number of likely N-dealkylation sites (tertiary alicyclic amines) is 1. The first-order valence-corrected chi connectivity index (χ1v) is 9.40. The van der Waals surface area contributed by atoms with Crippen LogP contribution < -0.4 is 10.5 Å². The molecule has 0 aliphatic carbocycles. The van der Waals surface area contributed by atoms with Crippen LogP contribution >= 0.6 is 0 Å². The topological polar surface area (TPSA) is 60.5 Å². The van der Waals surface area contributed by atoms with E-state index in [0.29, 0.717) is 5.58 Å². The third kappa shape index (κ3) is 3.25. The van der Waals surface area contributed by atoms with Crippen LogP contribution in [0.15, 0.2) is 39.7 Å². The summed E-state index contributed by atoms with van der Waals surface area (Å²) < 4.78 is 12.8. The van der Waals surface area contributed by atoms with Crippen LogP contribution in [0.3, 0.4) is 0 Å². The van der Waals surface area contributed by atoms with Gasteiger partial charge in [0.25, 0.3) is 0 Å². The maximum atomic E-state index is 12.4. The van der Waals surface area contributed by atoms with Gasteiger partial charge in [-0.1, -0.05) is 12.1 Å². The van der Waals surface area contributed by atoms with Gasteiger partial charge in [0.2, 0.25) is 0 Å². The van der Waals surface area contributed by atoms with Gasteiger partial charge in [-0.25, -0.2) is 4.79 Å². The first-order valence-electron chi connectivity index (χ1n) is 9.40. The maximum absolute atomic E-state index is 12.4. The predicted octanol–water partition coefficient (Wildman–Crippen LogP) is 3.45. The van der Waals surface area contributed by atoms with Gasteiger partial charge in [0, 0.05) is 30.4 Å². The van der Waals surface area contributed by atoms with Gasteiger partial charge in [-0.2, -0.15) is 0 Å². The molecular weight excluding hydrogens is 342 g/mol. The fraction of sp³-hybridized carbons (Fsp3) is 0.429. The number of rotatable bonds is 4. The molecule has 6 heteroatoms. The zero-order valence-electron chi connectivity index (χ0n) is 16.1. The number of para-hydroxylation sites is 2. The average molecular weight is 367 g/mol. The number of nitrogens with zero attached hydrogens (tertiary/aromatic N) is 3. The van der Waals surface area contributed by atoms with Gasteiger partial charge >= 0.3 is 5.76 Å². The highest BCUT2D eigenvalue weighted by Crippen LogP contribution is 2.28. The van der Waals surface area contributed by atoms with Gasteiger partial charge in [0.05, 0.1) is 24.4 Å². The Hall–Kier alpha value is -2.60. The lowest BCUT2D eigenvalue weighted by Crippen LogP contribution is -2.38. The lowest BCUT2D eigenvalue weighted by atomic mass is 10.0. The van der Waals surface area contributed by atoms with Gasteiger partial charge in [-0.3, -0.25) is 14.5 Å². The molecule has 1 atom stereocenters. The Balaban J connectivity index is 1.59. The van der Waals surface area contributed by atoms with Crippen LogP contribution in [0.2, 0.25) is 0 Å². The van der Waals surface area contributed by atoms with Crippen LogP contribution in [-0.4, -0.2) is 34.7 Å². The molecule has 0 radical (unpaired) electrons. The number of aryl methyl sites for hydroxylation is 1. The van der Waals surface area contributed by atoms with E-state index >= 15 is 0 Å². The molecule has 142 valence electrons.